The van der Waals surface area contributed by atoms with Gasteiger partial charge in [-0.25, -0.2) is 0 Å². The van der Waals surface area contributed by atoms with E-state index in [2.05, 4.69) is 30.0 Å². The fourth-order valence-corrected chi connectivity index (χ4v) is 1.56. The van der Waals surface area contributed by atoms with Crippen molar-refractivity contribution in [3.8, 4) is 0 Å². The van der Waals surface area contributed by atoms with E-state index in [9.17, 15) is 0 Å². The van der Waals surface area contributed by atoms with Crippen LogP contribution in [0.4, 0.5) is 0 Å². The summed E-state index contributed by atoms with van der Waals surface area (Å²) in [6.45, 7) is 8.10. The Morgan fingerprint density at radius 1 is 1.67 bits per heavy atom. The second-order valence-electron chi connectivity index (χ2n) is 3.70. The minimum atomic E-state index is 0.117. The molecule has 1 unspecified atom stereocenters. The Hall–Kier alpha value is -1.19. The summed E-state index contributed by atoms with van der Waals surface area (Å²) in [5, 5.41) is 0. The Morgan fingerprint density at radius 2 is 2.40 bits per heavy atom. The van der Waals surface area contributed by atoms with Crippen LogP contribution in [0.5, 0.6) is 0 Å². The summed E-state index contributed by atoms with van der Waals surface area (Å²) in [5.74, 6) is 5.56. The van der Waals surface area contributed by atoms with Gasteiger partial charge in [0.15, 0.2) is 0 Å². The van der Waals surface area contributed by atoms with Gasteiger partial charge < -0.3 is 0 Å². The number of aryl methyl sites for hydroxylation is 1. The first-order chi connectivity index (χ1) is 7.19. The van der Waals surface area contributed by atoms with Crippen LogP contribution in [0.15, 0.2) is 30.5 Å². The lowest BCUT2D eigenvalue weighted by molar-refractivity contribution is 0.540. The van der Waals surface area contributed by atoms with Crippen LogP contribution >= 0.6 is 0 Å². The molecule has 82 valence electrons. The van der Waals surface area contributed by atoms with Crippen molar-refractivity contribution in [3.05, 3.63) is 41.7 Å². The van der Waals surface area contributed by atoms with Gasteiger partial charge in [0.2, 0.25) is 0 Å². The summed E-state index contributed by atoms with van der Waals surface area (Å²) in [4.78, 5) is 4.26. The SMILES string of the molecule is C=C(CC)CC(NN)c1cccnc1C. The lowest BCUT2D eigenvalue weighted by Crippen LogP contribution is -2.29. The highest BCUT2D eigenvalue weighted by Crippen LogP contribution is 2.22. The molecule has 15 heavy (non-hydrogen) atoms. The number of hydrazine groups is 1. The fraction of sp³-hybridized carbons (Fsp3) is 0.417. The molecule has 3 N–H and O–H groups in total. The van der Waals surface area contributed by atoms with E-state index in [4.69, 9.17) is 5.84 Å². The molecule has 0 aromatic carbocycles. The molecule has 0 fully saturated rings. The highest BCUT2D eigenvalue weighted by Gasteiger charge is 2.12. The topological polar surface area (TPSA) is 50.9 Å². The van der Waals surface area contributed by atoms with Gasteiger partial charge in [-0.2, -0.15) is 0 Å². The Labute approximate surface area is 91.4 Å². The third-order valence-corrected chi connectivity index (χ3v) is 2.62. The van der Waals surface area contributed by atoms with Crippen LogP contribution in [0.3, 0.4) is 0 Å². The van der Waals surface area contributed by atoms with E-state index in [1.165, 1.54) is 5.57 Å². The number of pyridine rings is 1. The van der Waals surface area contributed by atoms with E-state index in [1.54, 1.807) is 6.20 Å². The van der Waals surface area contributed by atoms with Gasteiger partial charge in [-0.15, -0.1) is 0 Å². The van der Waals surface area contributed by atoms with Crippen molar-refractivity contribution in [2.75, 3.05) is 0 Å². The average Bonchev–Trinajstić information content (AvgIpc) is 2.26. The molecular weight excluding hydrogens is 186 g/mol. The van der Waals surface area contributed by atoms with E-state index in [1.807, 2.05) is 13.0 Å². The van der Waals surface area contributed by atoms with Gasteiger partial charge in [-0.1, -0.05) is 25.1 Å². The van der Waals surface area contributed by atoms with Crippen LogP contribution in [-0.4, -0.2) is 4.98 Å². The van der Waals surface area contributed by atoms with Crippen molar-refractivity contribution in [1.29, 1.82) is 0 Å². The summed E-state index contributed by atoms with van der Waals surface area (Å²) >= 11 is 0. The molecule has 1 atom stereocenters. The van der Waals surface area contributed by atoms with Crippen LogP contribution in [0.2, 0.25) is 0 Å². The van der Waals surface area contributed by atoms with Crippen LogP contribution in [0.25, 0.3) is 0 Å². The third kappa shape index (κ3) is 3.15. The van der Waals surface area contributed by atoms with E-state index in [0.29, 0.717) is 0 Å². The summed E-state index contributed by atoms with van der Waals surface area (Å²) in [7, 11) is 0. The summed E-state index contributed by atoms with van der Waals surface area (Å²) < 4.78 is 0. The van der Waals surface area contributed by atoms with Crippen LogP contribution in [0.1, 0.15) is 37.1 Å². The van der Waals surface area contributed by atoms with Crippen molar-refractivity contribution >= 4 is 0 Å². The number of aromatic nitrogens is 1. The van der Waals surface area contributed by atoms with Crippen molar-refractivity contribution in [2.45, 2.75) is 32.7 Å². The molecule has 0 saturated carbocycles. The van der Waals surface area contributed by atoms with E-state index in [0.717, 1.165) is 24.1 Å². The third-order valence-electron chi connectivity index (χ3n) is 2.62. The molecule has 1 heterocycles. The molecule has 0 saturated heterocycles. The Bertz CT molecular complexity index is 333. The highest BCUT2D eigenvalue weighted by molar-refractivity contribution is 5.23. The average molecular weight is 205 g/mol. The van der Waals surface area contributed by atoms with E-state index < -0.39 is 0 Å². The summed E-state index contributed by atoms with van der Waals surface area (Å²) in [6.07, 6.45) is 3.64. The number of hydrogen-bond donors (Lipinski definition) is 2. The normalized spacial score (nSPS) is 12.5. The molecule has 0 aliphatic heterocycles. The highest BCUT2D eigenvalue weighted by atomic mass is 15.2. The summed E-state index contributed by atoms with van der Waals surface area (Å²) in [5.41, 5.74) is 6.18. The van der Waals surface area contributed by atoms with Gasteiger partial charge in [0.25, 0.3) is 0 Å². The van der Waals surface area contributed by atoms with Crippen LogP contribution in [-0.2, 0) is 0 Å². The molecule has 0 aliphatic rings. The monoisotopic (exact) mass is 205 g/mol. The van der Waals surface area contributed by atoms with Gasteiger partial charge in [0, 0.05) is 11.9 Å². The zero-order valence-corrected chi connectivity index (χ0v) is 9.46. The molecule has 0 bridgehead atoms. The largest absolute Gasteiger partial charge is 0.271 e. The predicted octanol–water partition coefficient (Wildman–Crippen LogP) is 2.25. The number of nitrogens with zero attached hydrogens (tertiary/aromatic N) is 1. The smallest absolute Gasteiger partial charge is 0.0514 e. The first-order valence-electron chi connectivity index (χ1n) is 5.23. The molecule has 0 spiro atoms. The van der Waals surface area contributed by atoms with Gasteiger partial charge in [-0.3, -0.25) is 16.3 Å². The number of hydrogen-bond acceptors (Lipinski definition) is 3. The van der Waals surface area contributed by atoms with Crippen molar-refractivity contribution in [3.63, 3.8) is 0 Å². The zero-order chi connectivity index (χ0) is 11.3. The van der Waals surface area contributed by atoms with Crippen LogP contribution < -0.4 is 11.3 Å². The van der Waals surface area contributed by atoms with Crippen molar-refractivity contribution in [1.82, 2.24) is 10.4 Å². The maximum Gasteiger partial charge on any atom is 0.0514 e. The van der Waals surface area contributed by atoms with Gasteiger partial charge in [0.1, 0.15) is 0 Å². The zero-order valence-electron chi connectivity index (χ0n) is 9.46. The molecule has 0 amide bonds. The molecule has 0 aliphatic carbocycles. The van der Waals surface area contributed by atoms with Crippen LogP contribution in [0, 0.1) is 6.92 Å². The van der Waals surface area contributed by atoms with Gasteiger partial charge >= 0.3 is 0 Å². The maximum absolute atomic E-state index is 5.56. The molecule has 3 heteroatoms. The number of rotatable bonds is 5. The lowest BCUT2D eigenvalue weighted by atomic mass is 9.98. The Balaban J connectivity index is 2.83. The van der Waals surface area contributed by atoms with Gasteiger partial charge in [0.05, 0.1) is 6.04 Å². The molecule has 1 aromatic heterocycles. The minimum absolute atomic E-state index is 0.117. The van der Waals surface area contributed by atoms with Crippen molar-refractivity contribution < 1.29 is 0 Å². The molecule has 1 rings (SSSR count). The fourth-order valence-electron chi connectivity index (χ4n) is 1.56. The second-order valence-corrected chi connectivity index (χ2v) is 3.70. The second kappa shape index (κ2) is 5.63. The summed E-state index contributed by atoms with van der Waals surface area (Å²) in [6, 6.07) is 4.10. The van der Waals surface area contributed by atoms with Gasteiger partial charge in [-0.05, 0) is 31.4 Å². The molecule has 0 radical (unpaired) electrons. The molecule has 3 nitrogen and oxygen atoms in total. The van der Waals surface area contributed by atoms with E-state index in [-0.39, 0.29) is 6.04 Å². The number of nitrogens with two attached hydrogens (primary N) is 1. The quantitative estimate of drug-likeness (QED) is 0.440. The first-order valence-corrected chi connectivity index (χ1v) is 5.23. The van der Waals surface area contributed by atoms with E-state index >= 15 is 0 Å². The van der Waals surface area contributed by atoms with Crippen molar-refractivity contribution in [2.24, 2.45) is 5.84 Å². The lowest BCUT2D eigenvalue weighted by Gasteiger charge is -2.18. The number of nitrogens with one attached hydrogen (secondary N) is 1. The minimum Gasteiger partial charge on any atom is -0.271 e. The standard InChI is InChI=1S/C12H19N3/c1-4-9(2)8-12(15-13)11-6-5-7-14-10(11)3/h5-7,12,15H,2,4,8,13H2,1,3H3. The predicted molar refractivity (Wildman–Crippen MR) is 63.1 cm³/mol. The molecular formula is C12H19N3. The Kier molecular flexibility index (Phi) is 4.46. The molecule has 1 aromatic rings. The maximum atomic E-state index is 5.56. The first kappa shape index (κ1) is 11.9. The Morgan fingerprint density at radius 3 is 2.93 bits per heavy atom.